The van der Waals surface area contributed by atoms with Crippen molar-refractivity contribution in [3.8, 4) is 0 Å². The first kappa shape index (κ1) is 16.6. The van der Waals surface area contributed by atoms with Gasteiger partial charge in [0.2, 0.25) is 5.96 Å². The van der Waals surface area contributed by atoms with Gasteiger partial charge in [0.25, 0.3) is 10.0 Å². The largest absolute Gasteiger partial charge is 0.338 e. The number of sulfonamides is 1. The van der Waals surface area contributed by atoms with E-state index < -0.39 is 10.0 Å². The van der Waals surface area contributed by atoms with E-state index in [-0.39, 0.29) is 10.9 Å². The first-order chi connectivity index (χ1) is 11.4. The highest BCUT2D eigenvalue weighted by molar-refractivity contribution is 7.90. The molecule has 0 amide bonds. The lowest BCUT2D eigenvalue weighted by molar-refractivity contribution is 0.590. The summed E-state index contributed by atoms with van der Waals surface area (Å²) in [5, 5.41) is 3.64. The van der Waals surface area contributed by atoms with Crippen molar-refractivity contribution in [3.63, 3.8) is 0 Å². The maximum absolute atomic E-state index is 12.3. The Hall–Kier alpha value is -2.25. The molecule has 2 aromatic carbocycles. The number of aryl methyl sites for hydroxylation is 1. The molecule has 8 heteroatoms. The average molecular weight is 365 g/mol. The van der Waals surface area contributed by atoms with Gasteiger partial charge in [-0.3, -0.25) is 0 Å². The fourth-order valence-electron chi connectivity index (χ4n) is 2.23. The maximum atomic E-state index is 12.3. The van der Waals surface area contributed by atoms with Gasteiger partial charge >= 0.3 is 0 Å². The van der Waals surface area contributed by atoms with Crippen molar-refractivity contribution in [2.45, 2.75) is 11.8 Å². The third kappa shape index (κ3) is 3.80. The lowest BCUT2D eigenvalue weighted by Gasteiger charge is -2.28. The molecule has 1 aliphatic heterocycles. The van der Waals surface area contributed by atoms with Crippen LogP contribution in [0.4, 0.5) is 5.69 Å². The quantitative estimate of drug-likeness (QED) is 0.876. The molecule has 0 spiro atoms. The Morgan fingerprint density at radius 3 is 2.38 bits per heavy atom. The minimum absolute atomic E-state index is 0.206. The molecule has 2 aromatic rings. The van der Waals surface area contributed by atoms with Gasteiger partial charge in [0.15, 0.2) is 0 Å². The third-order valence-corrected chi connectivity index (χ3v) is 5.20. The van der Waals surface area contributed by atoms with Gasteiger partial charge in [-0.05, 0) is 43.3 Å². The zero-order valence-corrected chi connectivity index (χ0v) is 14.6. The van der Waals surface area contributed by atoms with E-state index in [0.29, 0.717) is 18.4 Å². The average Bonchev–Trinajstić information content (AvgIpc) is 2.56. The van der Waals surface area contributed by atoms with E-state index in [2.05, 4.69) is 15.0 Å². The van der Waals surface area contributed by atoms with Gasteiger partial charge in [0.05, 0.1) is 11.6 Å². The number of hydrogen-bond donors (Lipinski definition) is 2. The lowest BCUT2D eigenvalue weighted by Crippen LogP contribution is -2.50. The Morgan fingerprint density at radius 1 is 1.12 bits per heavy atom. The molecule has 0 fully saturated rings. The molecule has 1 heterocycles. The topological polar surface area (TPSA) is 73.8 Å². The Morgan fingerprint density at radius 2 is 1.79 bits per heavy atom. The van der Waals surface area contributed by atoms with Gasteiger partial charge in [-0.1, -0.05) is 29.3 Å². The fourth-order valence-corrected chi connectivity index (χ4v) is 3.36. The van der Waals surface area contributed by atoms with Gasteiger partial charge in [0.1, 0.15) is 6.67 Å². The van der Waals surface area contributed by atoms with Crippen LogP contribution in [0.15, 0.2) is 58.4 Å². The minimum Gasteiger partial charge on any atom is -0.338 e. The number of benzene rings is 2. The molecule has 0 saturated heterocycles. The van der Waals surface area contributed by atoms with Gasteiger partial charge in [0, 0.05) is 10.7 Å². The van der Waals surface area contributed by atoms with Crippen LogP contribution in [0.2, 0.25) is 5.02 Å². The summed E-state index contributed by atoms with van der Waals surface area (Å²) in [6.07, 6.45) is 0. The molecule has 0 aliphatic carbocycles. The van der Waals surface area contributed by atoms with Crippen LogP contribution >= 0.6 is 11.6 Å². The molecular formula is C16H17ClN4O2S. The number of halogens is 1. The monoisotopic (exact) mass is 364 g/mol. The van der Waals surface area contributed by atoms with Crippen molar-refractivity contribution in [1.29, 1.82) is 0 Å². The summed E-state index contributed by atoms with van der Waals surface area (Å²) in [5.74, 6) is 0.237. The molecule has 0 bridgehead atoms. The van der Waals surface area contributed by atoms with Crippen LogP contribution in [0.1, 0.15) is 5.56 Å². The number of guanidine groups is 1. The summed E-state index contributed by atoms with van der Waals surface area (Å²) in [5.41, 5.74) is 1.96. The standard InChI is InChI=1S/C16H17ClN4O2S/c1-12-2-8-15(9-3-12)24(22,23)20-16-18-10-21(11-19-16)14-6-4-13(17)5-7-14/h2-9H,10-11H2,1H3,(H2,18,19,20). The van der Waals surface area contributed by atoms with E-state index in [9.17, 15) is 8.42 Å². The smallest absolute Gasteiger partial charge is 0.264 e. The van der Waals surface area contributed by atoms with Crippen molar-refractivity contribution in [3.05, 3.63) is 59.1 Å². The Labute approximate surface area is 146 Å². The third-order valence-electron chi connectivity index (χ3n) is 3.59. The molecule has 6 nitrogen and oxygen atoms in total. The van der Waals surface area contributed by atoms with Crippen LogP contribution < -0.4 is 14.9 Å². The predicted molar refractivity (Wildman–Crippen MR) is 95.7 cm³/mol. The molecule has 0 atom stereocenters. The van der Waals surface area contributed by atoms with Gasteiger partial charge in [-0.15, -0.1) is 0 Å². The van der Waals surface area contributed by atoms with E-state index in [1.54, 1.807) is 36.4 Å². The molecule has 2 N–H and O–H groups in total. The summed E-state index contributed by atoms with van der Waals surface area (Å²) in [4.78, 5) is 6.41. The number of nitrogens with one attached hydrogen (secondary N) is 2. The van der Waals surface area contributed by atoms with Crippen LogP contribution in [-0.4, -0.2) is 27.7 Å². The molecule has 0 saturated carbocycles. The number of anilines is 1. The van der Waals surface area contributed by atoms with E-state index >= 15 is 0 Å². The predicted octanol–water partition coefficient (Wildman–Crippen LogP) is 2.31. The molecule has 1 aliphatic rings. The van der Waals surface area contributed by atoms with Gasteiger partial charge in [-0.25, -0.2) is 18.1 Å². The number of aliphatic imine (C=N–C) groups is 1. The lowest BCUT2D eigenvalue weighted by atomic mass is 10.2. The van der Waals surface area contributed by atoms with Crippen LogP contribution in [-0.2, 0) is 10.0 Å². The summed E-state index contributed by atoms with van der Waals surface area (Å²) < 4.78 is 27.2. The van der Waals surface area contributed by atoms with Gasteiger partial charge in [-0.2, -0.15) is 0 Å². The van der Waals surface area contributed by atoms with E-state index in [0.717, 1.165) is 11.3 Å². The zero-order valence-electron chi connectivity index (χ0n) is 13.0. The second-order valence-corrected chi connectivity index (χ2v) is 7.54. The van der Waals surface area contributed by atoms with E-state index in [4.69, 9.17) is 11.6 Å². The van der Waals surface area contributed by atoms with Crippen molar-refractivity contribution in [2.75, 3.05) is 18.2 Å². The fraction of sp³-hybridized carbons (Fsp3) is 0.188. The molecule has 0 aromatic heterocycles. The molecular weight excluding hydrogens is 348 g/mol. The summed E-state index contributed by atoms with van der Waals surface area (Å²) in [6, 6.07) is 14.0. The highest BCUT2D eigenvalue weighted by Gasteiger charge is 2.19. The zero-order chi connectivity index (χ0) is 17.2. The Kier molecular flexibility index (Phi) is 4.64. The number of nitrogens with zero attached hydrogens (tertiary/aromatic N) is 2. The first-order valence-corrected chi connectivity index (χ1v) is 9.18. The SMILES string of the molecule is Cc1ccc(S(=O)(=O)NC2=NCN(c3ccc(Cl)cc3)CN2)cc1. The Bertz CT molecular complexity index is 849. The second-order valence-electron chi connectivity index (χ2n) is 5.42. The maximum Gasteiger partial charge on any atom is 0.264 e. The van der Waals surface area contributed by atoms with Crippen LogP contribution in [0.3, 0.4) is 0 Å². The summed E-state index contributed by atoms with van der Waals surface area (Å²) in [7, 11) is -3.64. The van der Waals surface area contributed by atoms with E-state index in [1.165, 1.54) is 0 Å². The van der Waals surface area contributed by atoms with E-state index in [1.807, 2.05) is 24.0 Å². The first-order valence-electron chi connectivity index (χ1n) is 7.32. The highest BCUT2D eigenvalue weighted by Crippen LogP contribution is 2.18. The summed E-state index contributed by atoms with van der Waals surface area (Å²) >= 11 is 5.88. The molecule has 0 unspecified atom stereocenters. The Balaban J connectivity index is 1.69. The van der Waals surface area contributed by atoms with Crippen molar-refractivity contribution in [2.24, 2.45) is 4.99 Å². The molecule has 0 radical (unpaired) electrons. The number of hydrogen-bond acceptors (Lipinski definition) is 5. The van der Waals surface area contributed by atoms with Crippen molar-refractivity contribution >= 4 is 33.3 Å². The number of rotatable bonds is 3. The van der Waals surface area contributed by atoms with Crippen molar-refractivity contribution in [1.82, 2.24) is 10.0 Å². The highest BCUT2D eigenvalue weighted by atomic mass is 35.5. The van der Waals surface area contributed by atoms with Crippen molar-refractivity contribution < 1.29 is 8.42 Å². The van der Waals surface area contributed by atoms with Crippen LogP contribution in [0, 0.1) is 6.92 Å². The summed E-state index contributed by atoms with van der Waals surface area (Å²) in [6.45, 7) is 2.69. The molecule has 3 rings (SSSR count). The second kappa shape index (κ2) is 6.70. The molecule has 126 valence electrons. The minimum atomic E-state index is -3.64. The normalized spacial score (nSPS) is 14.8. The van der Waals surface area contributed by atoms with Gasteiger partial charge < -0.3 is 10.2 Å². The molecule has 24 heavy (non-hydrogen) atoms. The van der Waals surface area contributed by atoms with Crippen LogP contribution in [0.5, 0.6) is 0 Å². The van der Waals surface area contributed by atoms with Crippen LogP contribution in [0.25, 0.3) is 0 Å².